The highest BCUT2D eigenvalue weighted by molar-refractivity contribution is 7.11. The van der Waals surface area contributed by atoms with Crippen molar-refractivity contribution in [3.05, 3.63) is 51.7 Å². The molecule has 132 valence electrons. The quantitative estimate of drug-likeness (QED) is 0.759. The average molecular weight is 357 g/mol. The van der Waals surface area contributed by atoms with Crippen molar-refractivity contribution >= 4 is 28.9 Å². The van der Waals surface area contributed by atoms with Crippen LogP contribution in [0.5, 0.6) is 0 Å². The van der Waals surface area contributed by atoms with Crippen LogP contribution in [0, 0.1) is 0 Å². The Hall–Kier alpha value is -2.14. The van der Waals surface area contributed by atoms with Crippen molar-refractivity contribution in [2.45, 2.75) is 50.9 Å². The molecule has 1 aromatic heterocycles. The zero-order chi connectivity index (χ0) is 17.6. The first-order chi connectivity index (χ1) is 12.1. The summed E-state index contributed by atoms with van der Waals surface area (Å²) < 4.78 is 0. The molecule has 1 aliphatic rings. The molecule has 0 radical (unpaired) electrons. The summed E-state index contributed by atoms with van der Waals surface area (Å²) in [5.41, 5.74) is 1.85. The molecule has 0 bridgehead atoms. The van der Waals surface area contributed by atoms with Gasteiger partial charge in [-0.25, -0.2) is 4.79 Å². The van der Waals surface area contributed by atoms with Gasteiger partial charge in [-0.2, -0.15) is 0 Å². The van der Waals surface area contributed by atoms with E-state index in [9.17, 15) is 14.7 Å². The molecule has 0 atom stereocenters. The first-order valence-electron chi connectivity index (χ1n) is 8.83. The van der Waals surface area contributed by atoms with Gasteiger partial charge in [0.1, 0.15) is 0 Å². The van der Waals surface area contributed by atoms with E-state index in [1.807, 2.05) is 30.3 Å². The number of carboxylic acid groups (broad SMARTS) is 1. The Morgan fingerprint density at radius 3 is 2.52 bits per heavy atom. The molecule has 1 aromatic carbocycles. The molecule has 1 heterocycles. The summed E-state index contributed by atoms with van der Waals surface area (Å²) >= 11 is 1.47. The summed E-state index contributed by atoms with van der Waals surface area (Å²) in [6.07, 6.45) is 6.62. The van der Waals surface area contributed by atoms with E-state index in [-0.39, 0.29) is 5.91 Å². The highest BCUT2D eigenvalue weighted by Crippen LogP contribution is 2.40. The number of aryl methyl sites for hydroxylation is 1. The number of hydrogen-bond acceptors (Lipinski definition) is 3. The molecule has 1 saturated carbocycles. The summed E-state index contributed by atoms with van der Waals surface area (Å²) in [6.45, 7) is 0. The van der Waals surface area contributed by atoms with E-state index in [0.717, 1.165) is 36.1 Å². The van der Waals surface area contributed by atoms with Crippen LogP contribution in [0.3, 0.4) is 0 Å². The van der Waals surface area contributed by atoms with Gasteiger partial charge in [-0.15, -0.1) is 11.3 Å². The third-order valence-corrected chi connectivity index (χ3v) is 5.91. The van der Waals surface area contributed by atoms with E-state index in [4.69, 9.17) is 0 Å². The van der Waals surface area contributed by atoms with Crippen LogP contribution in [-0.2, 0) is 11.2 Å². The van der Waals surface area contributed by atoms with Crippen molar-refractivity contribution in [3.63, 3.8) is 0 Å². The average Bonchev–Trinajstić information content (AvgIpc) is 3.05. The van der Waals surface area contributed by atoms with E-state index in [1.54, 1.807) is 5.38 Å². The van der Waals surface area contributed by atoms with E-state index >= 15 is 0 Å². The number of amides is 1. The van der Waals surface area contributed by atoms with Crippen LogP contribution in [0.4, 0.5) is 5.69 Å². The number of thiophene rings is 1. The first-order valence-corrected chi connectivity index (χ1v) is 9.71. The summed E-state index contributed by atoms with van der Waals surface area (Å²) in [7, 11) is 0. The number of nitrogens with one attached hydrogen (secondary N) is 1. The lowest BCUT2D eigenvalue weighted by Crippen LogP contribution is -2.15. The van der Waals surface area contributed by atoms with E-state index in [0.29, 0.717) is 30.0 Å². The Labute approximate surface area is 151 Å². The third-order valence-electron chi connectivity index (χ3n) is 4.77. The van der Waals surface area contributed by atoms with Crippen molar-refractivity contribution in [1.82, 2.24) is 0 Å². The second-order valence-electron chi connectivity index (χ2n) is 6.56. The minimum absolute atomic E-state index is 0.139. The van der Waals surface area contributed by atoms with Gasteiger partial charge < -0.3 is 10.4 Å². The zero-order valence-electron chi connectivity index (χ0n) is 14.2. The molecule has 25 heavy (non-hydrogen) atoms. The van der Waals surface area contributed by atoms with Crippen LogP contribution in [0.15, 0.2) is 35.7 Å². The van der Waals surface area contributed by atoms with Gasteiger partial charge in [0, 0.05) is 16.7 Å². The molecule has 1 aliphatic carbocycles. The molecule has 0 aliphatic heterocycles. The molecule has 1 amide bonds. The SMILES string of the molecule is O=C(CCc1ccccc1)Nc1csc(C2CCCCC2)c1C(=O)O. The van der Waals surface area contributed by atoms with Crippen LogP contribution in [0.25, 0.3) is 0 Å². The lowest BCUT2D eigenvalue weighted by atomic mass is 9.86. The smallest absolute Gasteiger partial charge is 0.338 e. The van der Waals surface area contributed by atoms with Crippen LogP contribution in [0.1, 0.15) is 65.2 Å². The number of carbonyl (C=O) groups excluding carboxylic acids is 1. The van der Waals surface area contributed by atoms with Gasteiger partial charge in [0.15, 0.2) is 0 Å². The number of rotatable bonds is 6. The Morgan fingerprint density at radius 1 is 1.12 bits per heavy atom. The minimum Gasteiger partial charge on any atom is -0.478 e. The highest BCUT2D eigenvalue weighted by atomic mass is 32.1. The molecular weight excluding hydrogens is 334 g/mol. The fraction of sp³-hybridized carbons (Fsp3) is 0.400. The van der Waals surface area contributed by atoms with Crippen LogP contribution in [0.2, 0.25) is 0 Å². The van der Waals surface area contributed by atoms with Crippen LogP contribution < -0.4 is 5.32 Å². The van der Waals surface area contributed by atoms with Crippen molar-refractivity contribution < 1.29 is 14.7 Å². The summed E-state index contributed by atoms with van der Waals surface area (Å²) in [6, 6.07) is 9.82. The van der Waals surface area contributed by atoms with Crippen molar-refractivity contribution in [1.29, 1.82) is 0 Å². The van der Waals surface area contributed by atoms with Crippen LogP contribution >= 0.6 is 11.3 Å². The second-order valence-corrected chi connectivity index (χ2v) is 7.47. The number of carboxylic acids is 1. The second kappa shape index (κ2) is 8.30. The predicted molar refractivity (Wildman–Crippen MR) is 100 cm³/mol. The summed E-state index contributed by atoms with van der Waals surface area (Å²) in [5, 5.41) is 14.2. The number of anilines is 1. The Morgan fingerprint density at radius 2 is 1.84 bits per heavy atom. The van der Waals surface area contributed by atoms with Crippen molar-refractivity contribution in [3.8, 4) is 0 Å². The fourth-order valence-electron chi connectivity index (χ4n) is 3.47. The lowest BCUT2D eigenvalue weighted by Gasteiger charge is -2.21. The molecule has 5 heteroatoms. The van der Waals surface area contributed by atoms with Gasteiger partial charge in [-0.05, 0) is 30.7 Å². The molecule has 0 unspecified atom stereocenters. The Bertz CT molecular complexity index is 733. The van der Waals surface area contributed by atoms with Gasteiger partial charge in [-0.3, -0.25) is 4.79 Å². The normalized spacial score (nSPS) is 15.0. The number of aromatic carboxylic acids is 1. The Kier molecular flexibility index (Phi) is 5.87. The lowest BCUT2D eigenvalue weighted by molar-refractivity contribution is -0.116. The number of benzene rings is 1. The largest absolute Gasteiger partial charge is 0.478 e. The molecule has 0 spiro atoms. The zero-order valence-corrected chi connectivity index (χ0v) is 15.0. The van der Waals surface area contributed by atoms with Gasteiger partial charge in [-0.1, -0.05) is 49.6 Å². The highest BCUT2D eigenvalue weighted by Gasteiger charge is 2.26. The standard InChI is InChI=1S/C20H23NO3S/c22-17(12-11-14-7-3-1-4-8-14)21-16-13-25-19(18(16)20(23)24)15-9-5-2-6-10-15/h1,3-4,7-8,13,15H,2,5-6,9-12H2,(H,21,22)(H,23,24). The number of carbonyl (C=O) groups is 2. The van der Waals surface area contributed by atoms with E-state index < -0.39 is 5.97 Å². The van der Waals surface area contributed by atoms with Crippen molar-refractivity contribution in [2.75, 3.05) is 5.32 Å². The predicted octanol–water partition coefficient (Wildman–Crippen LogP) is 5.07. The fourth-order valence-corrected chi connectivity index (χ4v) is 4.63. The summed E-state index contributed by atoms with van der Waals surface area (Å²) in [5.74, 6) is -0.764. The molecular formula is C20H23NO3S. The topological polar surface area (TPSA) is 66.4 Å². The van der Waals surface area contributed by atoms with E-state index in [1.165, 1.54) is 17.8 Å². The molecule has 1 fully saturated rings. The van der Waals surface area contributed by atoms with E-state index in [2.05, 4.69) is 5.32 Å². The number of hydrogen-bond donors (Lipinski definition) is 2. The summed E-state index contributed by atoms with van der Waals surface area (Å²) in [4.78, 5) is 24.9. The van der Waals surface area contributed by atoms with Gasteiger partial charge in [0.25, 0.3) is 0 Å². The minimum atomic E-state index is -0.944. The molecule has 2 N–H and O–H groups in total. The molecule has 3 rings (SSSR count). The Balaban J connectivity index is 1.68. The molecule has 4 nitrogen and oxygen atoms in total. The van der Waals surface area contributed by atoms with Gasteiger partial charge in [0.2, 0.25) is 5.91 Å². The first kappa shape index (κ1) is 17.7. The maximum absolute atomic E-state index is 12.2. The maximum atomic E-state index is 12.2. The van der Waals surface area contributed by atoms with Crippen molar-refractivity contribution in [2.24, 2.45) is 0 Å². The monoisotopic (exact) mass is 357 g/mol. The maximum Gasteiger partial charge on any atom is 0.338 e. The third kappa shape index (κ3) is 4.48. The van der Waals surface area contributed by atoms with Crippen LogP contribution in [-0.4, -0.2) is 17.0 Å². The molecule has 0 saturated heterocycles. The van der Waals surface area contributed by atoms with Gasteiger partial charge >= 0.3 is 5.97 Å². The van der Waals surface area contributed by atoms with Gasteiger partial charge in [0.05, 0.1) is 11.3 Å². The molecule has 2 aromatic rings.